The average molecular weight is 485 g/mol. The van der Waals surface area contributed by atoms with Gasteiger partial charge < -0.3 is 10.2 Å². The molecule has 2 aliphatic rings. The monoisotopic (exact) mass is 485 g/mol. The second kappa shape index (κ2) is 9.20. The van der Waals surface area contributed by atoms with Gasteiger partial charge in [0.05, 0.1) is 22.6 Å². The summed E-state index contributed by atoms with van der Waals surface area (Å²) in [5.74, 6) is -1.55. The van der Waals surface area contributed by atoms with Crippen molar-refractivity contribution in [3.05, 3.63) is 59.9 Å². The molecule has 0 spiro atoms. The van der Waals surface area contributed by atoms with Gasteiger partial charge in [-0.05, 0) is 36.4 Å². The van der Waals surface area contributed by atoms with E-state index in [4.69, 9.17) is 0 Å². The quantitative estimate of drug-likeness (QED) is 0.630. The highest BCUT2D eigenvalue weighted by atomic mass is 32.2. The zero-order chi connectivity index (χ0) is 24.5. The van der Waals surface area contributed by atoms with E-state index in [9.17, 15) is 32.5 Å². The number of nitrogens with zero attached hydrogens (tertiary/aromatic N) is 4. The molecule has 0 saturated carbocycles. The van der Waals surface area contributed by atoms with E-state index in [0.29, 0.717) is 0 Å². The summed E-state index contributed by atoms with van der Waals surface area (Å²) in [6.07, 6.45) is -0.285. The number of nitriles is 1. The number of anilines is 1. The molecule has 176 valence electrons. The predicted molar refractivity (Wildman–Crippen MR) is 117 cm³/mol. The Morgan fingerprint density at radius 2 is 1.71 bits per heavy atom. The molecule has 2 aromatic carbocycles. The third-order valence-corrected chi connectivity index (χ3v) is 7.66. The summed E-state index contributed by atoms with van der Waals surface area (Å²) >= 11 is 0. The fraction of sp³-hybridized carbons (Fsp3) is 0.273. The number of piperazine rings is 1. The highest BCUT2D eigenvalue weighted by Crippen LogP contribution is 2.23. The van der Waals surface area contributed by atoms with Gasteiger partial charge in [0.2, 0.25) is 15.9 Å². The number of amides is 4. The van der Waals surface area contributed by atoms with Gasteiger partial charge in [-0.25, -0.2) is 22.5 Å². The van der Waals surface area contributed by atoms with Gasteiger partial charge in [0.1, 0.15) is 17.9 Å². The Labute approximate surface area is 195 Å². The van der Waals surface area contributed by atoms with E-state index in [1.165, 1.54) is 39.5 Å². The van der Waals surface area contributed by atoms with Crippen LogP contribution in [0, 0.1) is 17.1 Å². The number of imide groups is 1. The molecule has 0 radical (unpaired) electrons. The Bertz CT molecular complexity index is 1280. The Kier molecular flexibility index (Phi) is 6.32. The molecule has 2 aromatic rings. The molecule has 12 heteroatoms. The zero-order valence-electron chi connectivity index (χ0n) is 17.8. The second-order valence-corrected chi connectivity index (χ2v) is 9.66. The molecule has 10 nitrogen and oxygen atoms in total. The lowest BCUT2D eigenvalue weighted by Crippen LogP contribution is -2.51. The summed E-state index contributed by atoms with van der Waals surface area (Å²) in [7, 11) is -3.90. The van der Waals surface area contributed by atoms with Gasteiger partial charge in [0.25, 0.3) is 5.91 Å². The predicted octanol–water partition coefficient (Wildman–Crippen LogP) is 1.05. The number of rotatable bonds is 5. The molecular formula is C22H20FN5O5S. The van der Waals surface area contributed by atoms with E-state index >= 15 is 0 Å². The first kappa shape index (κ1) is 23.3. The van der Waals surface area contributed by atoms with E-state index in [1.54, 1.807) is 6.07 Å². The van der Waals surface area contributed by atoms with Crippen LogP contribution in [0.15, 0.2) is 53.4 Å². The molecule has 2 saturated heterocycles. The van der Waals surface area contributed by atoms with Gasteiger partial charge >= 0.3 is 6.03 Å². The number of carbonyl (C=O) groups is 3. The number of carbonyl (C=O) groups excluding carboxylic acids is 3. The molecule has 4 amide bonds. The summed E-state index contributed by atoms with van der Waals surface area (Å²) in [4.78, 5) is 39.9. The smallest absolute Gasteiger partial charge is 0.329 e. The largest absolute Gasteiger partial charge is 0.340 e. The lowest BCUT2D eigenvalue weighted by atomic mass is 10.1. The minimum absolute atomic E-state index is 0.0283. The highest BCUT2D eigenvalue weighted by molar-refractivity contribution is 7.89. The summed E-state index contributed by atoms with van der Waals surface area (Å²) in [6, 6.07) is 10.8. The van der Waals surface area contributed by atoms with Crippen molar-refractivity contribution in [2.75, 3.05) is 31.1 Å². The molecular weight excluding hydrogens is 465 g/mol. The van der Waals surface area contributed by atoms with Crippen molar-refractivity contribution in [2.45, 2.75) is 17.4 Å². The van der Waals surface area contributed by atoms with Crippen LogP contribution in [0.4, 0.5) is 14.9 Å². The minimum atomic E-state index is -3.90. The van der Waals surface area contributed by atoms with Gasteiger partial charge in [-0.3, -0.25) is 9.59 Å². The molecule has 0 unspecified atom stereocenters. The Balaban J connectivity index is 1.38. The van der Waals surface area contributed by atoms with Crippen molar-refractivity contribution in [2.24, 2.45) is 0 Å². The van der Waals surface area contributed by atoms with E-state index in [-0.39, 0.29) is 48.7 Å². The first-order chi connectivity index (χ1) is 16.2. The van der Waals surface area contributed by atoms with Crippen LogP contribution in [0.1, 0.15) is 12.0 Å². The molecule has 4 rings (SSSR count). The van der Waals surface area contributed by atoms with Gasteiger partial charge in [-0.2, -0.15) is 9.57 Å². The maximum Gasteiger partial charge on any atom is 0.329 e. The number of urea groups is 1. The topological polar surface area (TPSA) is 131 Å². The summed E-state index contributed by atoms with van der Waals surface area (Å²) < 4.78 is 40.2. The molecule has 2 aliphatic heterocycles. The van der Waals surface area contributed by atoms with Crippen LogP contribution in [-0.4, -0.2) is 67.7 Å². The molecule has 0 aromatic heterocycles. The number of sulfonamides is 1. The van der Waals surface area contributed by atoms with Gasteiger partial charge in [0, 0.05) is 26.2 Å². The first-order valence-corrected chi connectivity index (χ1v) is 11.8. The summed E-state index contributed by atoms with van der Waals surface area (Å²) in [5, 5.41) is 11.7. The average Bonchev–Trinajstić information content (AvgIpc) is 3.12. The normalized spacial score (nSPS) is 19.1. The molecule has 2 heterocycles. The Morgan fingerprint density at radius 3 is 2.35 bits per heavy atom. The van der Waals surface area contributed by atoms with Crippen LogP contribution < -0.4 is 10.2 Å². The van der Waals surface area contributed by atoms with Crippen molar-refractivity contribution in [1.82, 2.24) is 14.5 Å². The van der Waals surface area contributed by atoms with Crippen LogP contribution in [-0.2, 0) is 19.6 Å². The molecule has 1 N–H and O–H groups in total. The number of halogens is 1. The van der Waals surface area contributed by atoms with Crippen molar-refractivity contribution >= 4 is 33.6 Å². The van der Waals surface area contributed by atoms with E-state index in [2.05, 4.69) is 5.32 Å². The lowest BCUT2D eigenvalue weighted by molar-refractivity contribution is -0.134. The van der Waals surface area contributed by atoms with E-state index in [0.717, 1.165) is 17.0 Å². The first-order valence-electron chi connectivity index (χ1n) is 10.4. The van der Waals surface area contributed by atoms with Gasteiger partial charge in [-0.1, -0.05) is 12.1 Å². The third kappa shape index (κ3) is 4.35. The molecule has 0 aliphatic carbocycles. The fourth-order valence-electron chi connectivity index (χ4n) is 3.91. The lowest BCUT2D eigenvalue weighted by Gasteiger charge is -2.34. The SMILES string of the molecule is N#Cc1ccccc1S(=O)(=O)N1CCN(C(=O)C[C@H]2NC(=O)N(c3ccc(F)cc3)C2=O)CC1. The van der Waals surface area contributed by atoms with Crippen molar-refractivity contribution in [3.8, 4) is 6.07 Å². The second-order valence-electron chi connectivity index (χ2n) is 7.75. The van der Waals surface area contributed by atoms with Crippen LogP contribution in [0.25, 0.3) is 0 Å². The Morgan fingerprint density at radius 1 is 1.06 bits per heavy atom. The molecule has 2 fully saturated rings. The summed E-state index contributed by atoms with van der Waals surface area (Å²) in [6.45, 7) is 0.258. The van der Waals surface area contributed by atoms with Crippen molar-refractivity contribution in [3.63, 3.8) is 0 Å². The maximum absolute atomic E-state index is 13.1. The standard InChI is InChI=1S/C22H20FN5O5S/c23-16-5-7-17(8-6-16)28-21(30)18(25-22(28)31)13-20(29)26-9-11-27(12-10-26)34(32,33)19-4-2-1-3-15(19)14-24/h1-8,18H,9-13H2,(H,25,31)/t18-/m1/s1. The molecule has 1 atom stereocenters. The highest BCUT2D eigenvalue weighted by Gasteiger charge is 2.41. The molecule has 34 heavy (non-hydrogen) atoms. The van der Waals surface area contributed by atoms with E-state index in [1.807, 2.05) is 6.07 Å². The minimum Gasteiger partial charge on any atom is -0.340 e. The summed E-state index contributed by atoms with van der Waals surface area (Å²) in [5.41, 5.74) is 0.234. The third-order valence-electron chi connectivity index (χ3n) is 5.70. The number of hydrogen-bond donors (Lipinski definition) is 1. The number of nitrogens with one attached hydrogen (secondary N) is 1. The number of benzene rings is 2. The fourth-order valence-corrected chi connectivity index (χ4v) is 5.47. The number of hydrogen-bond acceptors (Lipinski definition) is 6. The van der Waals surface area contributed by atoms with Crippen LogP contribution in [0.5, 0.6) is 0 Å². The van der Waals surface area contributed by atoms with Crippen LogP contribution in [0.2, 0.25) is 0 Å². The Hall–Kier alpha value is -3.82. The van der Waals surface area contributed by atoms with Gasteiger partial charge in [-0.15, -0.1) is 0 Å². The van der Waals surface area contributed by atoms with Gasteiger partial charge in [0.15, 0.2) is 0 Å². The van der Waals surface area contributed by atoms with Crippen LogP contribution in [0.3, 0.4) is 0 Å². The van der Waals surface area contributed by atoms with Crippen LogP contribution >= 0.6 is 0 Å². The van der Waals surface area contributed by atoms with Crippen molar-refractivity contribution in [1.29, 1.82) is 5.26 Å². The van der Waals surface area contributed by atoms with Crippen molar-refractivity contribution < 1.29 is 27.2 Å². The zero-order valence-corrected chi connectivity index (χ0v) is 18.7. The maximum atomic E-state index is 13.1. The molecule has 0 bridgehead atoms. The van der Waals surface area contributed by atoms with E-state index < -0.39 is 39.7 Å².